The van der Waals surface area contributed by atoms with Gasteiger partial charge in [-0.05, 0) is 43.7 Å². The third-order valence-electron chi connectivity index (χ3n) is 3.01. The van der Waals surface area contributed by atoms with Gasteiger partial charge in [-0.1, -0.05) is 13.8 Å². The third kappa shape index (κ3) is 3.61. The summed E-state index contributed by atoms with van der Waals surface area (Å²) < 4.78 is 13.3. The van der Waals surface area contributed by atoms with Gasteiger partial charge in [0, 0.05) is 23.8 Å². The standard InChI is InChI=1S/C16H20FN3/c1-10(2)18-9-14-8-12(4)19-16(20-14)13-5-6-15(17)11(3)7-13/h5-8,10,18H,9H2,1-4H3. The van der Waals surface area contributed by atoms with Crippen LogP contribution in [0.5, 0.6) is 0 Å². The summed E-state index contributed by atoms with van der Waals surface area (Å²) in [6, 6.07) is 7.33. The second kappa shape index (κ2) is 6.09. The van der Waals surface area contributed by atoms with Crippen LogP contribution in [0.3, 0.4) is 0 Å². The number of hydrogen-bond donors (Lipinski definition) is 1. The minimum atomic E-state index is -0.205. The van der Waals surface area contributed by atoms with Gasteiger partial charge in [-0.25, -0.2) is 14.4 Å². The molecule has 0 radical (unpaired) electrons. The first-order valence-corrected chi connectivity index (χ1v) is 6.80. The van der Waals surface area contributed by atoms with Crippen LogP contribution in [0, 0.1) is 19.7 Å². The lowest BCUT2D eigenvalue weighted by Gasteiger charge is -2.10. The molecule has 1 aromatic carbocycles. The van der Waals surface area contributed by atoms with Crippen LogP contribution in [0.2, 0.25) is 0 Å². The van der Waals surface area contributed by atoms with Crippen molar-refractivity contribution in [2.45, 2.75) is 40.3 Å². The monoisotopic (exact) mass is 273 g/mol. The van der Waals surface area contributed by atoms with Crippen molar-refractivity contribution in [1.82, 2.24) is 15.3 Å². The van der Waals surface area contributed by atoms with E-state index < -0.39 is 0 Å². The zero-order valence-electron chi connectivity index (χ0n) is 12.4. The van der Waals surface area contributed by atoms with E-state index in [4.69, 9.17) is 0 Å². The Hall–Kier alpha value is -1.81. The van der Waals surface area contributed by atoms with Crippen molar-refractivity contribution in [3.8, 4) is 11.4 Å². The molecule has 1 aromatic heterocycles. The minimum absolute atomic E-state index is 0.205. The summed E-state index contributed by atoms with van der Waals surface area (Å²) in [5, 5.41) is 3.34. The van der Waals surface area contributed by atoms with E-state index in [1.807, 2.05) is 13.0 Å². The van der Waals surface area contributed by atoms with Crippen LogP contribution in [0.25, 0.3) is 11.4 Å². The Balaban J connectivity index is 2.33. The number of hydrogen-bond acceptors (Lipinski definition) is 3. The van der Waals surface area contributed by atoms with Crippen molar-refractivity contribution in [3.05, 3.63) is 47.0 Å². The number of halogens is 1. The highest BCUT2D eigenvalue weighted by atomic mass is 19.1. The molecule has 2 aromatic rings. The number of aryl methyl sites for hydroxylation is 2. The van der Waals surface area contributed by atoms with Crippen molar-refractivity contribution in [3.63, 3.8) is 0 Å². The van der Waals surface area contributed by atoms with Gasteiger partial charge in [-0.15, -0.1) is 0 Å². The molecule has 20 heavy (non-hydrogen) atoms. The van der Waals surface area contributed by atoms with E-state index in [9.17, 15) is 4.39 Å². The number of rotatable bonds is 4. The van der Waals surface area contributed by atoms with Gasteiger partial charge in [0.2, 0.25) is 0 Å². The molecule has 3 nitrogen and oxygen atoms in total. The first-order chi connectivity index (χ1) is 9.45. The molecule has 0 fully saturated rings. The molecule has 2 rings (SSSR count). The van der Waals surface area contributed by atoms with Crippen molar-refractivity contribution >= 4 is 0 Å². The van der Waals surface area contributed by atoms with E-state index in [1.165, 1.54) is 6.07 Å². The Kier molecular flexibility index (Phi) is 4.45. The topological polar surface area (TPSA) is 37.8 Å². The van der Waals surface area contributed by atoms with E-state index in [0.717, 1.165) is 17.0 Å². The lowest BCUT2D eigenvalue weighted by molar-refractivity contribution is 0.580. The van der Waals surface area contributed by atoms with Crippen LogP contribution >= 0.6 is 0 Å². The molecule has 0 saturated carbocycles. The average Bonchev–Trinajstić information content (AvgIpc) is 2.39. The molecule has 0 aliphatic carbocycles. The van der Waals surface area contributed by atoms with Crippen LogP contribution in [0.15, 0.2) is 24.3 Å². The van der Waals surface area contributed by atoms with Crippen LogP contribution in [0.4, 0.5) is 4.39 Å². The largest absolute Gasteiger partial charge is 0.309 e. The molecule has 0 atom stereocenters. The van der Waals surface area contributed by atoms with E-state index in [2.05, 4.69) is 29.1 Å². The second-order valence-corrected chi connectivity index (χ2v) is 5.32. The predicted octanol–water partition coefficient (Wildman–Crippen LogP) is 3.40. The molecule has 0 bridgehead atoms. The molecule has 0 aliphatic heterocycles. The molecular weight excluding hydrogens is 253 g/mol. The molecule has 106 valence electrons. The van der Waals surface area contributed by atoms with Crippen molar-refractivity contribution in [2.75, 3.05) is 0 Å². The molecule has 1 heterocycles. The Morgan fingerprint density at radius 3 is 2.55 bits per heavy atom. The fourth-order valence-electron chi connectivity index (χ4n) is 1.95. The molecule has 4 heteroatoms. The van der Waals surface area contributed by atoms with Gasteiger partial charge in [0.15, 0.2) is 5.82 Å². The lowest BCUT2D eigenvalue weighted by atomic mass is 10.1. The lowest BCUT2D eigenvalue weighted by Crippen LogP contribution is -2.22. The molecule has 0 unspecified atom stereocenters. The maximum absolute atomic E-state index is 13.3. The molecule has 1 N–H and O–H groups in total. The molecule has 0 aliphatic rings. The summed E-state index contributed by atoms with van der Waals surface area (Å²) in [6.07, 6.45) is 0. The summed E-state index contributed by atoms with van der Waals surface area (Å²) in [4.78, 5) is 8.99. The highest BCUT2D eigenvalue weighted by molar-refractivity contribution is 5.56. The SMILES string of the molecule is Cc1cc(CNC(C)C)nc(-c2ccc(F)c(C)c2)n1. The van der Waals surface area contributed by atoms with Gasteiger partial charge in [0.1, 0.15) is 5.82 Å². The third-order valence-corrected chi connectivity index (χ3v) is 3.01. The molecular formula is C16H20FN3. The Labute approximate surface area is 119 Å². The van der Waals surface area contributed by atoms with Gasteiger partial charge in [-0.2, -0.15) is 0 Å². The van der Waals surface area contributed by atoms with Crippen molar-refractivity contribution in [1.29, 1.82) is 0 Å². The fourth-order valence-corrected chi connectivity index (χ4v) is 1.95. The normalized spacial score (nSPS) is 11.1. The quantitative estimate of drug-likeness (QED) is 0.927. The van der Waals surface area contributed by atoms with Crippen molar-refractivity contribution < 1.29 is 4.39 Å². The van der Waals surface area contributed by atoms with Gasteiger partial charge >= 0.3 is 0 Å². The number of aromatic nitrogens is 2. The molecule has 0 spiro atoms. The van der Waals surface area contributed by atoms with Crippen LogP contribution in [0.1, 0.15) is 30.8 Å². The smallest absolute Gasteiger partial charge is 0.159 e. The average molecular weight is 273 g/mol. The number of nitrogens with zero attached hydrogens (tertiary/aromatic N) is 2. The molecule has 0 amide bonds. The maximum atomic E-state index is 13.3. The summed E-state index contributed by atoms with van der Waals surface area (Å²) in [6.45, 7) is 8.58. The van der Waals surface area contributed by atoms with E-state index in [0.29, 0.717) is 24.0 Å². The maximum Gasteiger partial charge on any atom is 0.159 e. The Morgan fingerprint density at radius 1 is 1.15 bits per heavy atom. The van der Waals surface area contributed by atoms with Gasteiger partial charge in [0.25, 0.3) is 0 Å². The number of benzene rings is 1. The highest BCUT2D eigenvalue weighted by Crippen LogP contribution is 2.19. The summed E-state index contributed by atoms with van der Waals surface area (Å²) >= 11 is 0. The van der Waals surface area contributed by atoms with E-state index in [-0.39, 0.29) is 5.82 Å². The van der Waals surface area contributed by atoms with Gasteiger partial charge < -0.3 is 5.32 Å². The summed E-state index contributed by atoms with van der Waals surface area (Å²) in [5.74, 6) is 0.441. The van der Waals surface area contributed by atoms with Crippen LogP contribution < -0.4 is 5.32 Å². The highest BCUT2D eigenvalue weighted by Gasteiger charge is 2.07. The minimum Gasteiger partial charge on any atom is -0.309 e. The first kappa shape index (κ1) is 14.6. The van der Waals surface area contributed by atoms with Gasteiger partial charge in [0.05, 0.1) is 5.69 Å². The summed E-state index contributed by atoms with van der Waals surface area (Å²) in [7, 11) is 0. The van der Waals surface area contributed by atoms with Crippen molar-refractivity contribution in [2.24, 2.45) is 0 Å². The fraction of sp³-hybridized carbons (Fsp3) is 0.375. The van der Waals surface area contributed by atoms with Gasteiger partial charge in [-0.3, -0.25) is 0 Å². The molecule has 0 saturated heterocycles. The predicted molar refractivity (Wildman–Crippen MR) is 78.9 cm³/mol. The second-order valence-electron chi connectivity index (χ2n) is 5.32. The van der Waals surface area contributed by atoms with Crippen LogP contribution in [-0.2, 0) is 6.54 Å². The Bertz CT molecular complexity index is 609. The van der Waals surface area contributed by atoms with Crippen LogP contribution in [-0.4, -0.2) is 16.0 Å². The summed E-state index contributed by atoms with van der Waals surface area (Å²) in [5.41, 5.74) is 3.31. The first-order valence-electron chi connectivity index (χ1n) is 6.80. The zero-order chi connectivity index (χ0) is 14.7. The zero-order valence-corrected chi connectivity index (χ0v) is 12.4. The van der Waals surface area contributed by atoms with E-state index >= 15 is 0 Å². The van der Waals surface area contributed by atoms with E-state index in [1.54, 1.807) is 19.1 Å². The number of nitrogens with one attached hydrogen (secondary N) is 1. The Morgan fingerprint density at radius 2 is 1.90 bits per heavy atom.